The molecule has 3 aromatic heterocycles. The van der Waals surface area contributed by atoms with Gasteiger partial charge in [-0.2, -0.15) is 5.10 Å². The average molecular weight is 269 g/mol. The molecule has 94 valence electrons. The van der Waals surface area contributed by atoms with E-state index in [9.17, 15) is 0 Å². The Morgan fingerprint density at radius 1 is 1.11 bits per heavy atom. The smallest absolute Gasteiger partial charge is 0.195 e. The molecule has 5 nitrogen and oxygen atoms in total. The van der Waals surface area contributed by atoms with Gasteiger partial charge in [0, 0.05) is 30.4 Å². The summed E-state index contributed by atoms with van der Waals surface area (Å²) in [5.41, 5.74) is 2.06. The summed E-state index contributed by atoms with van der Waals surface area (Å²) in [5, 5.41) is 7.10. The Kier molecular flexibility index (Phi) is 3.16. The monoisotopic (exact) mass is 269 g/mol. The first kappa shape index (κ1) is 11.7. The van der Waals surface area contributed by atoms with Crippen molar-refractivity contribution in [3.05, 3.63) is 59.4 Å². The van der Waals surface area contributed by atoms with Gasteiger partial charge in [-0.15, -0.1) is 0 Å². The van der Waals surface area contributed by atoms with Crippen LogP contribution in [0, 0.1) is 4.77 Å². The van der Waals surface area contributed by atoms with E-state index in [1.54, 1.807) is 24.8 Å². The molecule has 3 aromatic rings. The van der Waals surface area contributed by atoms with Crippen LogP contribution in [-0.2, 0) is 6.54 Å². The van der Waals surface area contributed by atoms with E-state index in [1.165, 1.54) is 0 Å². The van der Waals surface area contributed by atoms with Gasteiger partial charge >= 0.3 is 0 Å². The number of rotatable bonds is 3. The van der Waals surface area contributed by atoms with E-state index in [1.807, 2.05) is 28.8 Å². The van der Waals surface area contributed by atoms with E-state index in [4.69, 9.17) is 12.2 Å². The molecule has 0 aliphatic heterocycles. The number of nitrogens with zero attached hydrogens (tertiary/aromatic N) is 4. The maximum atomic E-state index is 5.28. The lowest BCUT2D eigenvalue weighted by molar-refractivity contribution is 0.788. The number of aromatic nitrogens is 5. The molecule has 1 N–H and O–H groups in total. The van der Waals surface area contributed by atoms with E-state index in [0.29, 0.717) is 11.3 Å². The molecular formula is C13H11N5S. The lowest BCUT2D eigenvalue weighted by Gasteiger charge is -2.06. The van der Waals surface area contributed by atoms with Crippen LogP contribution in [0.2, 0.25) is 0 Å². The maximum absolute atomic E-state index is 5.28. The van der Waals surface area contributed by atoms with Crippen LogP contribution in [0.5, 0.6) is 0 Å². The highest BCUT2D eigenvalue weighted by Gasteiger charge is 2.09. The van der Waals surface area contributed by atoms with Crippen LogP contribution < -0.4 is 0 Å². The van der Waals surface area contributed by atoms with Crippen LogP contribution in [0.15, 0.2) is 49.1 Å². The second kappa shape index (κ2) is 5.11. The molecule has 6 heteroatoms. The van der Waals surface area contributed by atoms with Gasteiger partial charge in [0.15, 0.2) is 10.6 Å². The topological polar surface area (TPSA) is 59.4 Å². The molecule has 0 unspecified atom stereocenters. The summed E-state index contributed by atoms with van der Waals surface area (Å²) in [6.45, 7) is 0.655. The third kappa shape index (κ3) is 2.43. The molecule has 0 aliphatic carbocycles. The fourth-order valence-corrected chi connectivity index (χ4v) is 2.05. The Morgan fingerprint density at radius 2 is 1.95 bits per heavy atom. The highest BCUT2D eigenvalue weighted by Crippen LogP contribution is 2.16. The lowest BCUT2D eigenvalue weighted by Crippen LogP contribution is -2.02. The molecule has 0 fully saturated rings. The fraction of sp³-hybridized carbons (Fsp3) is 0.0769. The summed E-state index contributed by atoms with van der Waals surface area (Å²) in [5.74, 6) is 0.787. The Balaban J connectivity index is 2.03. The summed E-state index contributed by atoms with van der Waals surface area (Å²) in [4.78, 5) is 8.12. The van der Waals surface area contributed by atoms with Gasteiger partial charge in [0.1, 0.15) is 0 Å². The molecule has 0 aliphatic rings. The number of hydrogen-bond acceptors (Lipinski definition) is 4. The molecular weight excluding hydrogens is 258 g/mol. The summed E-state index contributed by atoms with van der Waals surface area (Å²) >= 11 is 5.28. The highest BCUT2D eigenvalue weighted by molar-refractivity contribution is 7.71. The van der Waals surface area contributed by atoms with E-state index in [0.717, 1.165) is 17.0 Å². The molecule has 19 heavy (non-hydrogen) atoms. The number of nitrogens with one attached hydrogen (secondary N) is 1. The second-order valence-electron chi connectivity index (χ2n) is 4.04. The number of aromatic amines is 1. The quantitative estimate of drug-likeness (QED) is 0.742. The van der Waals surface area contributed by atoms with E-state index >= 15 is 0 Å². The van der Waals surface area contributed by atoms with Crippen molar-refractivity contribution in [2.45, 2.75) is 6.54 Å². The van der Waals surface area contributed by atoms with Crippen molar-refractivity contribution in [2.75, 3.05) is 0 Å². The Morgan fingerprint density at radius 3 is 2.68 bits per heavy atom. The summed E-state index contributed by atoms with van der Waals surface area (Å²) in [6.07, 6.45) is 7.04. The van der Waals surface area contributed by atoms with Gasteiger partial charge in [-0.3, -0.25) is 19.6 Å². The first-order valence-corrected chi connectivity index (χ1v) is 6.20. The summed E-state index contributed by atoms with van der Waals surface area (Å²) in [6, 6.07) is 7.76. The zero-order chi connectivity index (χ0) is 13.1. The van der Waals surface area contributed by atoms with Crippen LogP contribution >= 0.6 is 12.2 Å². The molecule has 0 saturated carbocycles. The van der Waals surface area contributed by atoms with Crippen molar-refractivity contribution < 1.29 is 0 Å². The van der Waals surface area contributed by atoms with Crippen LogP contribution in [0.3, 0.4) is 0 Å². The summed E-state index contributed by atoms with van der Waals surface area (Å²) in [7, 11) is 0. The summed E-state index contributed by atoms with van der Waals surface area (Å²) < 4.78 is 2.54. The predicted octanol–water partition coefficient (Wildman–Crippen LogP) is 2.45. The average Bonchev–Trinajstić information content (AvgIpc) is 2.82. The maximum Gasteiger partial charge on any atom is 0.195 e. The Bertz CT molecular complexity index is 718. The molecule has 0 bridgehead atoms. The van der Waals surface area contributed by atoms with Crippen molar-refractivity contribution in [1.82, 2.24) is 24.7 Å². The molecule has 0 saturated heterocycles. The van der Waals surface area contributed by atoms with Crippen LogP contribution in [0.25, 0.3) is 11.4 Å². The Hall–Kier alpha value is -2.34. The van der Waals surface area contributed by atoms with Crippen molar-refractivity contribution in [2.24, 2.45) is 0 Å². The zero-order valence-corrected chi connectivity index (χ0v) is 10.8. The minimum atomic E-state index is 0.593. The lowest BCUT2D eigenvalue weighted by atomic mass is 10.2. The molecule has 3 heterocycles. The first-order chi connectivity index (χ1) is 9.34. The molecule has 0 amide bonds. The molecule has 3 rings (SSSR count). The third-order valence-corrected chi connectivity index (χ3v) is 3.08. The van der Waals surface area contributed by atoms with Gasteiger partial charge in [-0.05, 0) is 42.0 Å². The van der Waals surface area contributed by atoms with Gasteiger partial charge < -0.3 is 0 Å². The van der Waals surface area contributed by atoms with Gasteiger partial charge in [-0.1, -0.05) is 0 Å². The van der Waals surface area contributed by atoms with Crippen molar-refractivity contribution >= 4 is 12.2 Å². The molecule has 0 spiro atoms. The van der Waals surface area contributed by atoms with Gasteiger partial charge in [0.25, 0.3) is 0 Å². The third-order valence-electron chi connectivity index (χ3n) is 2.77. The van der Waals surface area contributed by atoms with Crippen molar-refractivity contribution in [3.63, 3.8) is 0 Å². The SMILES string of the molecule is S=c1[nH]nc(-c2cccnc2)n1Cc1ccncc1. The van der Waals surface area contributed by atoms with Crippen molar-refractivity contribution in [1.29, 1.82) is 0 Å². The fourth-order valence-electron chi connectivity index (χ4n) is 1.85. The number of pyridine rings is 2. The van der Waals surface area contributed by atoms with Gasteiger partial charge in [0.05, 0.1) is 6.54 Å². The van der Waals surface area contributed by atoms with Crippen LogP contribution in [0.4, 0.5) is 0 Å². The van der Waals surface area contributed by atoms with Gasteiger partial charge in [0.2, 0.25) is 0 Å². The number of hydrogen-bond donors (Lipinski definition) is 1. The first-order valence-electron chi connectivity index (χ1n) is 5.79. The standard InChI is InChI=1S/C13H11N5S/c19-13-17-16-12(11-2-1-5-15-8-11)18(13)9-10-3-6-14-7-4-10/h1-8H,9H2,(H,17,19). The minimum Gasteiger partial charge on any atom is -0.296 e. The number of H-pyrrole nitrogens is 1. The largest absolute Gasteiger partial charge is 0.296 e. The van der Waals surface area contributed by atoms with E-state index in [2.05, 4.69) is 20.2 Å². The van der Waals surface area contributed by atoms with E-state index in [-0.39, 0.29) is 0 Å². The second-order valence-corrected chi connectivity index (χ2v) is 4.42. The van der Waals surface area contributed by atoms with Crippen LogP contribution in [0.1, 0.15) is 5.56 Å². The predicted molar refractivity (Wildman–Crippen MR) is 74.0 cm³/mol. The van der Waals surface area contributed by atoms with E-state index < -0.39 is 0 Å². The van der Waals surface area contributed by atoms with Gasteiger partial charge in [-0.25, -0.2) is 0 Å². The zero-order valence-electron chi connectivity index (χ0n) is 10.0. The normalized spacial score (nSPS) is 10.5. The molecule has 0 radical (unpaired) electrons. The highest BCUT2D eigenvalue weighted by atomic mass is 32.1. The van der Waals surface area contributed by atoms with Crippen molar-refractivity contribution in [3.8, 4) is 11.4 Å². The Labute approximate surface area is 115 Å². The van der Waals surface area contributed by atoms with Crippen LogP contribution in [-0.4, -0.2) is 24.7 Å². The molecule has 0 atom stereocenters. The molecule has 0 aromatic carbocycles. The minimum absolute atomic E-state index is 0.593.